The van der Waals surface area contributed by atoms with Crippen LogP contribution in [0.1, 0.15) is 42.4 Å². The van der Waals surface area contributed by atoms with Crippen LogP contribution in [0.2, 0.25) is 0 Å². The van der Waals surface area contributed by atoms with Crippen LogP contribution in [-0.2, 0) is 0 Å². The Hall–Kier alpha value is -0.450. The topological polar surface area (TPSA) is 28.2 Å². The number of nitrogens with one attached hydrogen (secondary N) is 1. The lowest BCUT2D eigenvalue weighted by Gasteiger charge is -2.30. The number of rotatable bonds is 3. The molecular weight excluding hydrogens is 242 g/mol. The Morgan fingerprint density at radius 2 is 2.22 bits per heavy atom. The van der Waals surface area contributed by atoms with E-state index in [0.29, 0.717) is 6.04 Å². The molecule has 100 valence electrons. The van der Waals surface area contributed by atoms with Gasteiger partial charge in [-0.25, -0.2) is 4.98 Å². The van der Waals surface area contributed by atoms with Crippen LogP contribution >= 0.6 is 11.3 Å². The van der Waals surface area contributed by atoms with Gasteiger partial charge in [-0.3, -0.25) is 4.90 Å². The lowest BCUT2D eigenvalue weighted by atomic mass is 9.97. The van der Waals surface area contributed by atoms with Gasteiger partial charge in [0.2, 0.25) is 0 Å². The molecule has 0 aliphatic carbocycles. The predicted molar refractivity (Wildman–Crippen MR) is 76.0 cm³/mol. The van der Waals surface area contributed by atoms with E-state index in [0.717, 1.165) is 5.92 Å². The number of piperidine rings is 1. The molecule has 3 heterocycles. The summed E-state index contributed by atoms with van der Waals surface area (Å²) in [5, 5.41) is 6.93. The summed E-state index contributed by atoms with van der Waals surface area (Å²) in [5.74, 6) is 0.895. The van der Waals surface area contributed by atoms with Crippen molar-refractivity contribution in [3.05, 3.63) is 16.1 Å². The molecule has 3 rings (SSSR count). The number of hydrogen-bond acceptors (Lipinski definition) is 4. The first-order valence-corrected chi connectivity index (χ1v) is 8.07. The molecule has 0 spiro atoms. The summed E-state index contributed by atoms with van der Waals surface area (Å²) < 4.78 is 0. The van der Waals surface area contributed by atoms with E-state index >= 15 is 0 Å². The Bertz CT molecular complexity index is 384. The van der Waals surface area contributed by atoms with Crippen LogP contribution in [0.3, 0.4) is 0 Å². The summed E-state index contributed by atoms with van der Waals surface area (Å²) in [5.41, 5.74) is 1.32. The van der Waals surface area contributed by atoms with Crippen LogP contribution in [0, 0.1) is 12.8 Å². The first-order valence-electron chi connectivity index (χ1n) is 7.20. The summed E-state index contributed by atoms with van der Waals surface area (Å²) in [6.45, 7) is 7.08. The van der Waals surface area contributed by atoms with Gasteiger partial charge < -0.3 is 5.32 Å². The summed E-state index contributed by atoms with van der Waals surface area (Å²) in [6.07, 6.45) is 5.33. The Labute approximate surface area is 114 Å². The van der Waals surface area contributed by atoms with Crippen LogP contribution < -0.4 is 5.32 Å². The van der Waals surface area contributed by atoms with E-state index in [1.807, 2.05) is 0 Å². The van der Waals surface area contributed by atoms with Crippen molar-refractivity contribution in [3.63, 3.8) is 0 Å². The number of hydrogen-bond donors (Lipinski definition) is 1. The number of nitrogens with zero attached hydrogens (tertiary/aromatic N) is 2. The molecule has 0 bridgehead atoms. The fraction of sp³-hybridized carbons (Fsp3) is 0.786. The first-order chi connectivity index (χ1) is 8.83. The minimum atomic E-state index is 0.602. The minimum Gasteiger partial charge on any atom is -0.317 e. The van der Waals surface area contributed by atoms with Gasteiger partial charge in [-0.2, -0.15) is 0 Å². The van der Waals surface area contributed by atoms with E-state index in [2.05, 4.69) is 22.5 Å². The first kappa shape index (κ1) is 12.6. The van der Waals surface area contributed by atoms with E-state index in [1.165, 1.54) is 62.6 Å². The number of aromatic nitrogens is 1. The largest absolute Gasteiger partial charge is 0.317 e. The molecule has 2 aliphatic heterocycles. The zero-order valence-electron chi connectivity index (χ0n) is 11.2. The molecule has 2 fully saturated rings. The molecule has 18 heavy (non-hydrogen) atoms. The maximum absolute atomic E-state index is 4.70. The van der Waals surface area contributed by atoms with Crippen molar-refractivity contribution in [2.24, 2.45) is 5.92 Å². The van der Waals surface area contributed by atoms with E-state index < -0.39 is 0 Å². The molecule has 0 aromatic carbocycles. The fourth-order valence-corrected chi connectivity index (χ4v) is 3.97. The summed E-state index contributed by atoms with van der Waals surface area (Å²) in [4.78, 5) is 7.39. The number of likely N-dealkylation sites (tertiary alicyclic amines) is 1. The zero-order chi connectivity index (χ0) is 12.4. The van der Waals surface area contributed by atoms with Crippen LogP contribution in [0.5, 0.6) is 0 Å². The molecule has 0 radical (unpaired) electrons. The molecule has 1 aromatic rings. The second-order valence-corrected chi connectivity index (χ2v) is 6.70. The smallest absolute Gasteiger partial charge is 0.0898 e. The van der Waals surface area contributed by atoms with Gasteiger partial charge in [0.15, 0.2) is 0 Å². The molecular formula is C14H23N3S. The molecule has 1 N–H and O–H groups in total. The van der Waals surface area contributed by atoms with Gasteiger partial charge in [-0.05, 0) is 58.2 Å². The normalized spacial score (nSPS) is 26.8. The average Bonchev–Trinajstić information content (AvgIpc) is 2.99. The van der Waals surface area contributed by atoms with E-state index in [4.69, 9.17) is 4.98 Å². The summed E-state index contributed by atoms with van der Waals surface area (Å²) in [6, 6.07) is 0.602. The lowest BCUT2D eigenvalue weighted by Crippen LogP contribution is -2.36. The highest BCUT2D eigenvalue weighted by atomic mass is 32.1. The van der Waals surface area contributed by atoms with E-state index in [9.17, 15) is 0 Å². The van der Waals surface area contributed by atoms with Gasteiger partial charge in [0, 0.05) is 11.9 Å². The zero-order valence-corrected chi connectivity index (χ0v) is 12.0. The van der Waals surface area contributed by atoms with E-state index in [1.54, 1.807) is 11.3 Å². The molecule has 1 atom stereocenters. The van der Waals surface area contributed by atoms with Crippen molar-refractivity contribution in [3.8, 4) is 0 Å². The van der Waals surface area contributed by atoms with Gasteiger partial charge >= 0.3 is 0 Å². The maximum atomic E-state index is 4.70. The standard InChI is InChI=1S/C14H23N3S/c1-11-16-13(10-18-11)14-3-2-8-17(14)9-12-4-6-15-7-5-12/h10,12,14-15H,2-9H2,1H3. The molecule has 0 amide bonds. The number of thiazole rings is 1. The minimum absolute atomic E-state index is 0.602. The summed E-state index contributed by atoms with van der Waals surface area (Å²) >= 11 is 1.79. The van der Waals surface area contributed by atoms with Crippen molar-refractivity contribution >= 4 is 11.3 Å². The average molecular weight is 265 g/mol. The molecule has 1 aromatic heterocycles. The highest BCUT2D eigenvalue weighted by molar-refractivity contribution is 7.09. The van der Waals surface area contributed by atoms with Crippen molar-refractivity contribution in [1.29, 1.82) is 0 Å². The molecule has 4 heteroatoms. The molecule has 1 unspecified atom stereocenters. The van der Waals surface area contributed by atoms with Crippen molar-refractivity contribution in [1.82, 2.24) is 15.2 Å². The molecule has 2 aliphatic rings. The second kappa shape index (κ2) is 5.68. The van der Waals surface area contributed by atoms with Crippen LogP contribution in [0.25, 0.3) is 0 Å². The van der Waals surface area contributed by atoms with Crippen LogP contribution in [0.15, 0.2) is 5.38 Å². The third-order valence-corrected chi connectivity index (χ3v) is 5.09. The van der Waals surface area contributed by atoms with Crippen molar-refractivity contribution < 1.29 is 0 Å². The number of aryl methyl sites for hydroxylation is 1. The van der Waals surface area contributed by atoms with Gasteiger partial charge in [0.25, 0.3) is 0 Å². The van der Waals surface area contributed by atoms with Crippen molar-refractivity contribution in [2.45, 2.75) is 38.6 Å². The highest BCUT2D eigenvalue weighted by Crippen LogP contribution is 2.33. The maximum Gasteiger partial charge on any atom is 0.0898 e. The van der Waals surface area contributed by atoms with Crippen LogP contribution in [0.4, 0.5) is 0 Å². The van der Waals surface area contributed by atoms with Crippen LogP contribution in [-0.4, -0.2) is 36.1 Å². The van der Waals surface area contributed by atoms with Gasteiger partial charge in [0.1, 0.15) is 0 Å². The third-order valence-electron chi connectivity index (χ3n) is 4.29. The molecule has 0 saturated carbocycles. The monoisotopic (exact) mass is 265 g/mol. The fourth-order valence-electron chi connectivity index (χ4n) is 3.31. The molecule has 3 nitrogen and oxygen atoms in total. The Morgan fingerprint density at radius 3 is 2.94 bits per heavy atom. The Kier molecular flexibility index (Phi) is 3.97. The molecule has 2 saturated heterocycles. The second-order valence-electron chi connectivity index (χ2n) is 5.64. The lowest BCUT2D eigenvalue weighted by molar-refractivity contribution is 0.191. The Morgan fingerprint density at radius 1 is 1.39 bits per heavy atom. The van der Waals surface area contributed by atoms with E-state index in [-0.39, 0.29) is 0 Å². The summed E-state index contributed by atoms with van der Waals surface area (Å²) in [7, 11) is 0. The predicted octanol–water partition coefficient (Wildman–Crippen LogP) is 2.59. The Balaban J connectivity index is 1.63. The van der Waals surface area contributed by atoms with Gasteiger partial charge in [-0.1, -0.05) is 0 Å². The van der Waals surface area contributed by atoms with Gasteiger partial charge in [0.05, 0.1) is 16.7 Å². The third kappa shape index (κ3) is 2.76. The SMILES string of the molecule is Cc1nc(C2CCCN2CC2CCNCC2)cs1. The highest BCUT2D eigenvalue weighted by Gasteiger charge is 2.29. The van der Waals surface area contributed by atoms with Crippen molar-refractivity contribution in [2.75, 3.05) is 26.2 Å². The van der Waals surface area contributed by atoms with Gasteiger partial charge in [-0.15, -0.1) is 11.3 Å². The quantitative estimate of drug-likeness (QED) is 0.910.